The molecular formula is C19H22N4O2S. The summed E-state index contributed by atoms with van der Waals surface area (Å²) in [7, 11) is 3.42. The SMILES string of the molecule is CCCc1nc(C(=O)N(C)Cc2cnn(-c3cccc(OC)c3)c2)cs1. The summed E-state index contributed by atoms with van der Waals surface area (Å²) in [6.07, 6.45) is 5.63. The molecule has 1 aromatic carbocycles. The molecule has 0 saturated carbocycles. The summed E-state index contributed by atoms with van der Waals surface area (Å²) in [5.74, 6) is 0.705. The van der Waals surface area contributed by atoms with Crippen LogP contribution < -0.4 is 4.74 Å². The van der Waals surface area contributed by atoms with Gasteiger partial charge >= 0.3 is 0 Å². The van der Waals surface area contributed by atoms with Crippen LogP contribution in [0, 0.1) is 0 Å². The van der Waals surface area contributed by atoms with Gasteiger partial charge in [-0.2, -0.15) is 5.10 Å². The molecule has 0 aliphatic carbocycles. The second-order valence-corrected chi connectivity index (χ2v) is 6.97. The topological polar surface area (TPSA) is 60.2 Å². The zero-order valence-corrected chi connectivity index (χ0v) is 16.0. The van der Waals surface area contributed by atoms with E-state index in [0.717, 1.165) is 34.8 Å². The molecule has 0 aliphatic heterocycles. The first-order chi connectivity index (χ1) is 12.6. The van der Waals surface area contributed by atoms with Gasteiger partial charge in [-0.1, -0.05) is 13.0 Å². The minimum atomic E-state index is -0.0715. The van der Waals surface area contributed by atoms with E-state index < -0.39 is 0 Å². The first-order valence-electron chi connectivity index (χ1n) is 8.48. The predicted molar refractivity (Wildman–Crippen MR) is 102 cm³/mol. The number of benzene rings is 1. The molecule has 7 heteroatoms. The maximum absolute atomic E-state index is 12.6. The van der Waals surface area contributed by atoms with E-state index in [-0.39, 0.29) is 5.91 Å². The minimum absolute atomic E-state index is 0.0715. The fourth-order valence-electron chi connectivity index (χ4n) is 2.61. The number of rotatable bonds is 7. The van der Waals surface area contributed by atoms with Crippen molar-refractivity contribution in [3.05, 3.63) is 58.3 Å². The lowest BCUT2D eigenvalue weighted by Crippen LogP contribution is -2.26. The Morgan fingerprint density at radius 3 is 3.00 bits per heavy atom. The highest BCUT2D eigenvalue weighted by Crippen LogP contribution is 2.17. The van der Waals surface area contributed by atoms with Gasteiger partial charge in [0.1, 0.15) is 11.4 Å². The quantitative estimate of drug-likeness (QED) is 0.638. The standard InChI is InChI=1S/C19H22N4O2S/c1-4-6-18-21-17(13-26-18)19(24)22(2)11-14-10-20-23(12-14)15-7-5-8-16(9-15)25-3/h5,7-10,12-13H,4,6,11H2,1-3H3. The van der Waals surface area contributed by atoms with Crippen molar-refractivity contribution in [2.45, 2.75) is 26.3 Å². The lowest BCUT2D eigenvalue weighted by Gasteiger charge is -2.14. The van der Waals surface area contributed by atoms with E-state index in [1.165, 1.54) is 0 Å². The van der Waals surface area contributed by atoms with Crippen LogP contribution in [0.5, 0.6) is 5.75 Å². The third kappa shape index (κ3) is 4.11. The lowest BCUT2D eigenvalue weighted by atomic mass is 10.3. The number of thiazole rings is 1. The van der Waals surface area contributed by atoms with Crippen LogP contribution in [0.1, 0.15) is 34.4 Å². The van der Waals surface area contributed by atoms with Gasteiger partial charge in [0, 0.05) is 36.8 Å². The smallest absolute Gasteiger partial charge is 0.273 e. The highest BCUT2D eigenvalue weighted by atomic mass is 32.1. The van der Waals surface area contributed by atoms with Gasteiger partial charge in [-0.15, -0.1) is 11.3 Å². The molecule has 0 unspecified atom stereocenters. The average Bonchev–Trinajstić information content (AvgIpc) is 3.31. The number of hydrogen-bond acceptors (Lipinski definition) is 5. The molecule has 0 bridgehead atoms. The number of ether oxygens (including phenoxy) is 1. The fourth-order valence-corrected chi connectivity index (χ4v) is 3.49. The third-order valence-electron chi connectivity index (χ3n) is 3.96. The van der Waals surface area contributed by atoms with Crippen LogP contribution in [-0.2, 0) is 13.0 Å². The van der Waals surface area contributed by atoms with E-state index >= 15 is 0 Å². The highest BCUT2D eigenvalue weighted by molar-refractivity contribution is 7.09. The van der Waals surface area contributed by atoms with Gasteiger partial charge in [-0.05, 0) is 25.0 Å². The van der Waals surface area contributed by atoms with Crippen LogP contribution in [0.2, 0.25) is 0 Å². The van der Waals surface area contributed by atoms with Crippen molar-refractivity contribution in [1.82, 2.24) is 19.7 Å². The highest BCUT2D eigenvalue weighted by Gasteiger charge is 2.16. The van der Waals surface area contributed by atoms with E-state index in [9.17, 15) is 4.79 Å². The number of amides is 1. The summed E-state index contributed by atoms with van der Waals surface area (Å²) >= 11 is 1.54. The molecule has 2 heterocycles. The van der Waals surface area contributed by atoms with Crippen LogP contribution in [0.3, 0.4) is 0 Å². The number of aryl methyl sites for hydroxylation is 1. The molecule has 0 spiro atoms. The van der Waals surface area contributed by atoms with Gasteiger partial charge in [-0.3, -0.25) is 4.79 Å². The number of aromatic nitrogens is 3. The molecule has 26 heavy (non-hydrogen) atoms. The van der Waals surface area contributed by atoms with Gasteiger partial charge in [0.2, 0.25) is 0 Å². The number of carbonyl (C=O) groups excluding carboxylic acids is 1. The Morgan fingerprint density at radius 2 is 2.23 bits per heavy atom. The van der Waals surface area contributed by atoms with E-state index in [1.54, 1.807) is 41.3 Å². The van der Waals surface area contributed by atoms with E-state index in [4.69, 9.17) is 4.74 Å². The molecule has 0 atom stereocenters. The number of hydrogen-bond donors (Lipinski definition) is 0. The van der Waals surface area contributed by atoms with E-state index in [0.29, 0.717) is 12.2 Å². The molecule has 0 N–H and O–H groups in total. The number of carbonyl (C=O) groups is 1. The summed E-state index contributed by atoms with van der Waals surface area (Å²) in [6.45, 7) is 2.58. The van der Waals surface area contributed by atoms with Crippen molar-refractivity contribution in [2.75, 3.05) is 14.2 Å². The molecular weight excluding hydrogens is 348 g/mol. The normalized spacial score (nSPS) is 10.7. The maximum Gasteiger partial charge on any atom is 0.273 e. The Balaban J connectivity index is 1.68. The second kappa shape index (κ2) is 8.14. The van der Waals surface area contributed by atoms with Crippen molar-refractivity contribution in [3.63, 3.8) is 0 Å². The first-order valence-corrected chi connectivity index (χ1v) is 9.36. The monoisotopic (exact) mass is 370 g/mol. The Morgan fingerprint density at radius 1 is 1.38 bits per heavy atom. The Hall–Kier alpha value is -2.67. The Labute approximate surface area is 157 Å². The van der Waals surface area contributed by atoms with E-state index in [1.807, 2.05) is 35.8 Å². The van der Waals surface area contributed by atoms with Crippen molar-refractivity contribution in [3.8, 4) is 11.4 Å². The maximum atomic E-state index is 12.6. The average molecular weight is 370 g/mol. The first kappa shape index (κ1) is 18.1. The summed E-state index contributed by atoms with van der Waals surface area (Å²) < 4.78 is 7.02. The summed E-state index contributed by atoms with van der Waals surface area (Å²) in [5, 5.41) is 7.23. The van der Waals surface area contributed by atoms with Crippen molar-refractivity contribution >= 4 is 17.2 Å². The Kier molecular flexibility index (Phi) is 5.68. The molecule has 3 aromatic rings. The van der Waals surface area contributed by atoms with Crippen LogP contribution in [0.15, 0.2) is 42.0 Å². The Bertz CT molecular complexity index is 887. The lowest BCUT2D eigenvalue weighted by molar-refractivity contribution is 0.0780. The summed E-state index contributed by atoms with van der Waals surface area (Å²) in [6, 6.07) is 7.68. The van der Waals surface area contributed by atoms with Crippen LogP contribution in [0.4, 0.5) is 0 Å². The zero-order valence-electron chi connectivity index (χ0n) is 15.2. The van der Waals surface area contributed by atoms with Gasteiger partial charge in [0.25, 0.3) is 5.91 Å². The zero-order chi connectivity index (χ0) is 18.5. The predicted octanol–water partition coefficient (Wildman–Crippen LogP) is 3.56. The third-order valence-corrected chi connectivity index (χ3v) is 4.86. The molecule has 0 saturated heterocycles. The molecule has 1 amide bonds. The van der Waals surface area contributed by atoms with Crippen molar-refractivity contribution < 1.29 is 9.53 Å². The molecule has 136 valence electrons. The number of methoxy groups -OCH3 is 1. The van der Waals surface area contributed by atoms with Crippen molar-refractivity contribution in [1.29, 1.82) is 0 Å². The minimum Gasteiger partial charge on any atom is -0.497 e. The summed E-state index contributed by atoms with van der Waals surface area (Å²) in [5.41, 5.74) is 2.38. The molecule has 0 fully saturated rings. The van der Waals surface area contributed by atoms with Gasteiger partial charge in [-0.25, -0.2) is 9.67 Å². The largest absolute Gasteiger partial charge is 0.497 e. The van der Waals surface area contributed by atoms with Gasteiger partial charge < -0.3 is 9.64 Å². The van der Waals surface area contributed by atoms with Crippen molar-refractivity contribution in [2.24, 2.45) is 0 Å². The van der Waals surface area contributed by atoms with Gasteiger partial charge in [0.05, 0.1) is 24.0 Å². The van der Waals surface area contributed by atoms with Crippen LogP contribution >= 0.6 is 11.3 Å². The fraction of sp³-hybridized carbons (Fsp3) is 0.316. The van der Waals surface area contributed by atoms with Gasteiger partial charge in [0.15, 0.2) is 0 Å². The van der Waals surface area contributed by atoms with E-state index in [2.05, 4.69) is 17.0 Å². The molecule has 0 aliphatic rings. The molecule has 6 nitrogen and oxygen atoms in total. The molecule has 2 aromatic heterocycles. The van der Waals surface area contributed by atoms with Crippen LogP contribution in [-0.4, -0.2) is 39.7 Å². The summed E-state index contributed by atoms with van der Waals surface area (Å²) in [4.78, 5) is 18.6. The molecule has 0 radical (unpaired) electrons. The van der Waals surface area contributed by atoms with Crippen LogP contribution in [0.25, 0.3) is 5.69 Å². The second-order valence-electron chi connectivity index (χ2n) is 6.03. The molecule has 3 rings (SSSR count). The number of nitrogens with zero attached hydrogens (tertiary/aromatic N) is 4.